The highest BCUT2D eigenvalue weighted by molar-refractivity contribution is 5.75. The molecule has 0 saturated heterocycles. The van der Waals surface area contributed by atoms with E-state index in [2.05, 4.69) is 9.47 Å². The number of rotatable bonds is 7. The molecule has 4 atom stereocenters. The summed E-state index contributed by atoms with van der Waals surface area (Å²) < 4.78 is 13.7. The molecule has 0 rings (SSSR count). The molecule has 7 nitrogen and oxygen atoms in total. The van der Waals surface area contributed by atoms with Crippen LogP contribution in [0.15, 0.2) is 0 Å². The zero-order valence-electron chi connectivity index (χ0n) is 9.32. The highest BCUT2D eigenvalue weighted by Crippen LogP contribution is 2.10. The molecule has 0 aliphatic heterocycles. The first-order chi connectivity index (χ1) is 7.53. The standard InChI is InChI=1S/C9H16O7/c1-14-5(4-10)6(11)8(15-2)7(12)9(13)16-3/h4-8,11-12H,1-3H3/t5-,6+,7-,8-/m0/s1. The maximum Gasteiger partial charge on any atom is 0.337 e. The molecule has 0 aliphatic rings. The molecular weight excluding hydrogens is 220 g/mol. The second-order valence-corrected chi connectivity index (χ2v) is 3.00. The number of aldehydes is 1. The van der Waals surface area contributed by atoms with Crippen molar-refractivity contribution < 1.29 is 34.0 Å². The number of ether oxygens (including phenoxy) is 3. The lowest BCUT2D eigenvalue weighted by Crippen LogP contribution is -2.50. The summed E-state index contributed by atoms with van der Waals surface area (Å²) in [6.07, 6.45) is -5.31. The summed E-state index contributed by atoms with van der Waals surface area (Å²) in [5.41, 5.74) is 0. The molecule has 0 unspecified atom stereocenters. The van der Waals surface area contributed by atoms with Crippen LogP contribution >= 0.6 is 0 Å². The van der Waals surface area contributed by atoms with E-state index in [9.17, 15) is 19.8 Å². The smallest absolute Gasteiger partial charge is 0.337 e. The average Bonchev–Trinajstić information content (AvgIpc) is 2.30. The molecule has 0 amide bonds. The van der Waals surface area contributed by atoms with Crippen molar-refractivity contribution in [3.8, 4) is 0 Å². The lowest BCUT2D eigenvalue weighted by atomic mass is 10.0. The Kier molecular flexibility index (Phi) is 6.82. The van der Waals surface area contributed by atoms with Crippen LogP contribution in [0, 0.1) is 0 Å². The lowest BCUT2D eigenvalue weighted by molar-refractivity contribution is -0.172. The second-order valence-electron chi connectivity index (χ2n) is 3.00. The van der Waals surface area contributed by atoms with Crippen LogP contribution in [0.2, 0.25) is 0 Å². The fraction of sp³-hybridized carbons (Fsp3) is 0.778. The third-order valence-electron chi connectivity index (χ3n) is 2.11. The van der Waals surface area contributed by atoms with Gasteiger partial charge in [-0.1, -0.05) is 0 Å². The van der Waals surface area contributed by atoms with Crippen molar-refractivity contribution in [2.45, 2.75) is 24.4 Å². The second kappa shape index (κ2) is 7.29. The Morgan fingerprint density at radius 3 is 2.06 bits per heavy atom. The lowest BCUT2D eigenvalue weighted by Gasteiger charge is -2.27. The number of methoxy groups -OCH3 is 3. The SMILES string of the molecule is COC(=O)[C@@H](O)[C@@H](OC)[C@H](O)[C@H](C=O)OC. The molecule has 0 radical (unpaired) electrons. The van der Waals surface area contributed by atoms with Gasteiger partial charge in [0, 0.05) is 14.2 Å². The zero-order valence-corrected chi connectivity index (χ0v) is 9.32. The Balaban J connectivity index is 4.70. The molecule has 16 heavy (non-hydrogen) atoms. The maximum absolute atomic E-state index is 11.0. The van der Waals surface area contributed by atoms with Crippen molar-refractivity contribution in [1.82, 2.24) is 0 Å². The molecule has 0 bridgehead atoms. The molecule has 0 fully saturated rings. The first-order valence-corrected chi connectivity index (χ1v) is 4.48. The highest BCUT2D eigenvalue weighted by atomic mass is 16.6. The van der Waals surface area contributed by atoms with Crippen LogP contribution in [0.3, 0.4) is 0 Å². The van der Waals surface area contributed by atoms with Gasteiger partial charge in [-0.15, -0.1) is 0 Å². The van der Waals surface area contributed by atoms with Gasteiger partial charge in [0.1, 0.15) is 18.3 Å². The normalized spacial score (nSPS) is 18.3. The van der Waals surface area contributed by atoms with Crippen molar-refractivity contribution in [3.05, 3.63) is 0 Å². The molecule has 0 aromatic heterocycles. The number of carbonyl (C=O) groups is 2. The molecule has 0 aromatic carbocycles. The van der Waals surface area contributed by atoms with Gasteiger partial charge < -0.3 is 29.2 Å². The van der Waals surface area contributed by atoms with Gasteiger partial charge >= 0.3 is 5.97 Å². The molecule has 7 heteroatoms. The van der Waals surface area contributed by atoms with Crippen LogP contribution in [0.5, 0.6) is 0 Å². The maximum atomic E-state index is 11.0. The molecule has 94 valence electrons. The molecule has 0 saturated carbocycles. The minimum atomic E-state index is -1.69. The van der Waals surface area contributed by atoms with Crippen molar-refractivity contribution in [1.29, 1.82) is 0 Å². The highest BCUT2D eigenvalue weighted by Gasteiger charge is 2.37. The number of carbonyl (C=O) groups excluding carboxylic acids is 2. The van der Waals surface area contributed by atoms with Gasteiger partial charge in [0.15, 0.2) is 12.4 Å². The van der Waals surface area contributed by atoms with Crippen molar-refractivity contribution in [2.75, 3.05) is 21.3 Å². The number of hydrogen-bond donors (Lipinski definition) is 2. The van der Waals surface area contributed by atoms with Crippen LogP contribution in [-0.2, 0) is 23.8 Å². The summed E-state index contributed by atoms with van der Waals surface area (Å²) in [6.45, 7) is 0. The monoisotopic (exact) mass is 236 g/mol. The van der Waals surface area contributed by atoms with Crippen molar-refractivity contribution in [3.63, 3.8) is 0 Å². The zero-order chi connectivity index (χ0) is 12.7. The van der Waals surface area contributed by atoms with Gasteiger partial charge in [0.25, 0.3) is 0 Å². The Morgan fingerprint density at radius 2 is 1.75 bits per heavy atom. The average molecular weight is 236 g/mol. The van der Waals surface area contributed by atoms with E-state index in [0.717, 1.165) is 7.11 Å². The molecule has 2 N–H and O–H groups in total. The van der Waals surface area contributed by atoms with Gasteiger partial charge in [0.2, 0.25) is 0 Å². The third-order valence-corrected chi connectivity index (χ3v) is 2.11. The van der Waals surface area contributed by atoms with E-state index in [0.29, 0.717) is 6.29 Å². The molecular formula is C9H16O7. The van der Waals surface area contributed by atoms with E-state index in [-0.39, 0.29) is 0 Å². The first kappa shape index (κ1) is 15.0. The van der Waals surface area contributed by atoms with Gasteiger partial charge in [-0.2, -0.15) is 0 Å². The van der Waals surface area contributed by atoms with E-state index in [1.807, 2.05) is 0 Å². The van der Waals surface area contributed by atoms with Gasteiger partial charge in [-0.3, -0.25) is 0 Å². The fourth-order valence-corrected chi connectivity index (χ4v) is 1.17. The van der Waals surface area contributed by atoms with Crippen LogP contribution in [0.4, 0.5) is 0 Å². The minimum absolute atomic E-state index is 0.348. The Labute approximate surface area is 92.9 Å². The van der Waals surface area contributed by atoms with E-state index in [1.165, 1.54) is 14.2 Å². The molecule has 0 aromatic rings. The number of aliphatic hydroxyl groups is 2. The van der Waals surface area contributed by atoms with E-state index in [1.54, 1.807) is 0 Å². The summed E-state index contributed by atoms with van der Waals surface area (Å²) in [5.74, 6) is -0.966. The van der Waals surface area contributed by atoms with Crippen molar-refractivity contribution in [2.24, 2.45) is 0 Å². The van der Waals surface area contributed by atoms with Gasteiger partial charge in [-0.25, -0.2) is 4.79 Å². The van der Waals surface area contributed by atoms with E-state index in [4.69, 9.17) is 4.74 Å². The fourth-order valence-electron chi connectivity index (χ4n) is 1.17. The van der Waals surface area contributed by atoms with Crippen LogP contribution in [-0.4, -0.2) is 68.2 Å². The van der Waals surface area contributed by atoms with Gasteiger partial charge in [-0.05, 0) is 0 Å². The Hall–Kier alpha value is -1.02. The predicted octanol–water partition coefficient (Wildman–Crippen LogP) is -1.89. The quantitative estimate of drug-likeness (QED) is 0.393. The van der Waals surface area contributed by atoms with Crippen LogP contribution in [0.1, 0.15) is 0 Å². The molecule has 0 aliphatic carbocycles. The number of hydrogen-bond acceptors (Lipinski definition) is 7. The van der Waals surface area contributed by atoms with Crippen molar-refractivity contribution >= 4 is 12.3 Å². The Morgan fingerprint density at radius 1 is 1.19 bits per heavy atom. The topological polar surface area (TPSA) is 102 Å². The van der Waals surface area contributed by atoms with E-state index < -0.39 is 30.4 Å². The minimum Gasteiger partial charge on any atom is -0.467 e. The van der Waals surface area contributed by atoms with E-state index >= 15 is 0 Å². The van der Waals surface area contributed by atoms with Crippen LogP contribution in [0.25, 0.3) is 0 Å². The summed E-state index contributed by atoms with van der Waals surface area (Å²) >= 11 is 0. The summed E-state index contributed by atoms with van der Waals surface area (Å²) in [4.78, 5) is 21.5. The largest absolute Gasteiger partial charge is 0.467 e. The summed E-state index contributed by atoms with van der Waals surface area (Å²) in [5, 5.41) is 19.1. The summed E-state index contributed by atoms with van der Waals surface area (Å²) in [7, 11) is 3.47. The first-order valence-electron chi connectivity index (χ1n) is 4.48. The summed E-state index contributed by atoms with van der Waals surface area (Å²) in [6, 6.07) is 0. The third kappa shape index (κ3) is 3.53. The number of aliphatic hydroxyl groups excluding tert-OH is 2. The van der Waals surface area contributed by atoms with Crippen LogP contribution < -0.4 is 0 Å². The molecule has 0 spiro atoms. The molecule has 0 heterocycles. The number of esters is 1. The van der Waals surface area contributed by atoms with Gasteiger partial charge in [0.05, 0.1) is 7.11 Å². The Bertz CT molecular complexity index is 230. The predicted molar refractivity (Wildman–Crippen MR) is 51.7 cm³/mol.